The van der Waals surface area contributed by atoms with Gasteiger partial charge in [0.15, 0.2) is 0 Å². The highest BCUT2D eigenvalue weighted by Crippen LogP contribution is 2.24. The molecule has 0 radical (unpaired) electrons. The number of hydrogen-bond acceptors (Lipinski definition) is 5. The standard InChI is InChI=1S/C8H13N3O2S2/c9-15(12,13)5-8-11-7(4-14-8)6-2-1-3-10-6/h4,6,10H,1-3,5H2,(H2,9,12,13). The molecular weight excluding hydrogens is 234 g/mol. The number of hydrogen-bond donors (Lipinski definition) is 2. The minimum Gasteiger partial charge on any atom is -0.309 e. The molecule has 1 fully saturated rings. The van der Waals surface area contributed by atoms with E-state index in [1.165, 1.54) is 11.3 Å². The van der Waals surface area contributed by atoms with Crippen LogP contribution in [0.5, 0.6) is 0 Å². The zero-order valence-electron chi connectivity index (χ0n) is 8.14. The average Bonchev–Trinajstić information content (AvgIpc) is 2.68. The van der Waals surface area contributed by atoms with E-state index < -0.39 is 10.0 Å². The molecule has 1 saturated heterocycles. The molecule has 0 amide bonds. The first-order valence-corrected chi connectivity index (χ1v) is 7.32. The molecule has 15 heavy (non-hydrogen) atoms. The molecule has 3 N–H and O–H groups in total. The first kappa shape index (κ1) is 11.0. The fourth-order valence-electron chi connectivity index (χ4n) is 1.66. The van der Waals surface area contributed by atoms with Gasteiger partial charge in [0.25, 0.3) is 0 Å². The Hall–Kier alpha value is -0.500. The first-order valence-electron chi connectivity index (χ1n) is 4.73. The van der Waals surface area contributed by atoms with Crippen LogP contribution in [-0.4, -0.2) is 19.9 Å². The molecule has 2 heterocycles. The summed E-state index contributed by atoms with van der Waals surface area (Å²) >= 11 is 1.35. The molecule has 0 aliphatic carbocycles. The third-order valence-corrected chi connectivity index (χ3v) is 4.04. The summed E-state index contributed by atoms with van der Waals surface area (Å²) < 4.78 is 21.7. The molecule has 84 valence electrons. The normalized spacial score (nSPS) is 22.1. The van der Waals surface area contributed by atoms with Gasteiger partial charge in [0.05, 0.1) is 11.7 Å². The first-order chi connectivity index (χ1) is 7.04. The van der Waals surface area contributed by atoms with Crippen LogP contribution in [0.4, 0.5) is 0 Å². The third kappa shape index (κ3) is 2.97. The van der Waals surface area contributed by atoms with E-state index in [0.717, 1.165) is 25.1 Å². The molecule has 0 aromatic carbocycles. The minimum absolute atomic E-state index is 0.162. The summed E-state index contributed by atoms with van der Waals surface area (Å²) in [4.78, 5) is 4.27. The number of primary sulfonamides is 1. The SMILES string of the molecule is NS(=O)(=O)Cc1nc(C2CCCN2)cs1. The van der Waals surface area contributed by atoms with Crippen molar-refractivity contribution < 1.29 is 8.42 Å². The second-order valence-electron chi connectivity index (χ2n) is 3.62. The van der Waals surface area contributed by atoms with E-state index in [4.69, 9.17) is 5.14 Å². The lowest BCUT2D eigenvalue weighted by Gasteiger charge is -2.04. The molecule has 0 spiro atoms. The van der Waals surface area contributed by atoms with Crippen LogP contribution in [0.3, 0.4) is 0 Å². The van der Waals surface area contributed by atoms with Gasteiger partial charge in [0.2, 0.25) is 10.0 Å². The number of aromatic nitrogens is 1. The van der Waals surface area contributed by atoms with Crippen molar-refractivity contribution in [2.24, 2.45) is 5.14 Å². The Kier molecular flexibility index (Phi) is 3.06. The van der Waals surface area contributed by atoms with Crippen molar-refractivity contribution in [2.75, 3.05) is 6.54 Å². The number of nitrogens with zero attached hydrogens (tertiary/aromatic N) is 1. The molecule has 1 aliphatic rings. The quantitative estimate of drug-likeness (QED) is 0.807. The predicted octanol–water partition coefficient (Wildman–Crippen LogP) is 0.356. The fourth-order valence-corrected chi connectivity index (χ4v) is 3.47. The Morgan fingerprint density at radius 2 is 2.47 bits per heavy atom. The van der Waals surface area contributed by atoms with Gasteiger partial charge < -0.3 is 5.32 Å². The van der Waals surface area contributed by atoms with E-state index in [1.54, 1.807) is 0 Å². The predicted molar refractivity (Wildman–Crippen MR) is 58.9 cm³/mol. The lowest BCUT2D eigenvalue weighted by atomic mass is 10.2. The summed E-state index contributed by atoms with van der Waals surface area (Å²) in [7, 11) is -3.46. The monoisotopic (exact) mass is 247 g/mol. The lowest BCUT2D eigenvalue weighted by Crippen LogP contribution is -2.15. The molecule has 1 aromatic heterocycles. The second-order valence-corrected chi connectivity index (χ2v) is 6.18. The van der Waals surface area contributed by atoms with E-state index in [9.17, 15) is 8.42 Å². The van der Waals surface area contributed by atoms with Crippen LogP contribution in [0.15, 0.2) is 5.38 Å². The third-order valence-electron chi connectivity index (χ3n) is 2.31. The average molecular weight is 247 g/mol. The summed E-state index contributed by atoms with van der Waals surface area (Å²) in [5.41, 5.74) is 0.941. The Bertz CT molecular complexity index is 434. The molecule has 0 bridgehead atoms. The second kappa shape index (κ2) is 4.17. The van der Waals surface area contributed by atoms with E-state index >= 15 is 0 Å². The minimum atomic E-state index is -3.46. The molecule has 7 heteroatoms. The summed E-state index contributed by atoms with van der Waals surface area (Å²) in [5.74, 6) is -0.162. The van der Waals surface area contributed by atoms with Crippen molar-refractivity contribution in [3.8, 4) is 0 Å². The van der Waals surface area contributed by atoms with Crippen molar-refractivity contribution in [1.82, 2.24) is 10.3 Å². The van der Waals surface area contributed by atoms with E-state index in [2.05, 4.69) is 10.3 Å². The lowest BCUT2D eigenvalue weighted by molar-refractivity contribution is 0.596. The largest absolute Gasteiger partial charge is 0.309 e. The number of rotatable bonds is 3. The van der Waals surface area contributed by atoms with Gasteiger partial charge in [0.1, 0.15) is 10.8 Å². The van der Waals surface area contributed by atoms with Gasteiger partial charge >= 0.3 is 0 Å². The van der Waals surface area contributed by atoms with E-state index in [1.807, 2.05) is 5.38 Å². The highest BCUT2D eigenvalue weighted by atomic mass is 32.2. The summed E-state index contributed by atoms with van der Waals surface area (Å²) in [6.07, 6.45) is 2.21. The van der Waals surface area contributed by atoms with Crippen LogP contribution in [0.25, 0.3) is 0 Å². The maximum atomic E-state index is 10.9. The maximum absolute atomic E-state index is 10.9. The van der Waals surface area contributed by atoms with Crippen molar-refractivity contribution >= 4 is 21.4 Å². The molecule has 2 rings (SSSR count). The molecule has 1 aromatic rings. The summed E-state index contributed by atoms with van der Waals surface area (Å²) in [6, 6.07) is 0.287. The molecule has 1 atom stereocenters. The number of nitrogens with two attached hydrogens (primary N) is 1. The summed E-state index contributed by atoms with van der Waals surface area (Å²) in [6.45, 7) is 1.01. The molecule has 1 aliphatic heterocycles. The highest BCUT2D eigenvalue weighted by Gasteiger charge is 2.19. The Morgan fingerprint density at radius 3 is 3.07 bits per heavy atom. The molecule has 0 saturated carbocycles. The van der Waals surface area contributed by atoms with Crippen molar-refractivity contribution in [3.63, 3.8) is 0 Å². The fraction of sp³-hybridized carbons (Fsp3) is 0.625. The van der Waals surface area contributed by atoms with Crippen LogP contribution in [0.2, 0.25) is 0 Å². The Morgan fingerprint density at radius 1 is 1.67 bits per heavy atom. The van der Waals surface area contributed by atoms with Gasteiger partial charge in [0, 0.05) is 5.38 Å². The maximum Gasteiger partial charge on any atom is 0.215 e. The molecular formula is C8H13N3O2S2. The van der Waals surface area contributed by atoms with Crippen molar-refractivity contribution in [2.45, 2.75) is 24.6 Å². The van der Waals surface area contributed by atoms with Crippen LogP contribution >= 0.6 is 11.3 Å². The van der Waals surface area contributed by atoms with Crippen LogP contribution in [0.1, 0.15) is 29.6 Å². The van der Waals surface area contributed by atoms with Gasteiger partial charge in [-0.25, -0.2) is 18.5 Å². The molecule has 1 unspecified atom stereocenters. The highest BCUT2D eigenvalue weighted by molar-refractivity contribution is 7.88. The van der Waals surface area contributed by atoms with Gasteiger partial charge in [-0.2, -0.15) is 0 Å². The van der Waals surface area contributed by atoms with Gasteiger partial charge in [-0.3, -0.25) is 0 Å². The zero-order chi connectivity index (χ0) is 10.9. The van der Waals surface area contributed by atoms with Crippen LogP contribution in [0, 0.1) is 0 Å². The number of sulfonamides is 1. The van der Waals surface area contributed by atoms with Crippen molar-refractivity contribution in [3.05, 3.63) is 16.1 Å². The zero-order valence-corrected chi connectivity index (χ0v) is 9.77. The van der Waals surface area contributed by atoms with E-state index in [-0.39, 0.29) is 11.8 Å². The Balaban J connectivity index is 2.10. The van der Waals surface area contributed by atoms with E-state index in [0.29, 0.717) is 5.01 Å². The number of thiazole rings is 1. The van der Waals surface area contributed by atoms with Gasteiger partial charge in [-0.1, -0.05) is 0 Å². The number of nitrogens with one attached hydrogen (secondary N) is 1. The van der Waals surface area contributed by atoms with Gasteiger partial charge in [-0.05, 0) is 19.4 Å². The molecule has 5 nitrogen and oxygen atoms in total. The van der Waals surface area contributed by atoms with Crippen molar-refractivity contribution in [1.29, 1.82) is 0 Å². The van der Waals surface area contributed by atoms with Crippen LogP contribution < -0.4 is 10.5 Å². The summed E-state index contributed by atoms with van der Waals surface area (Å²) in [5, 5.41) is 10.7. The van der Waals surface area contributed by atoms with Gasteiger partial charge in [-0.15, -0.1) is 11.3 Å². The smallest absolute Gasteiger partial charge is 0.215 e. The Labute approximate surface area is 92.8 Å². The van der Waals surface area contributed by atoms with Crippen LogP contribution in [-0.2, 0) is 15.8 Å². The topological polar surface area (TPSA) is 85.1 Å².